The summed E-state index contributed by atoms with van der Waals surface area (Å²) in [6.07, 6.45) is 2.93. The molecule has 0 amide bonds. The smallest absolute Gasteiger partial charge is 0.143 e. The van der Waals surface area contributed by atoms with Crippen molar-refractivity contribution >= 4 is 11.4 Å². The molecule has 0 bridgehead atoms. The third kappa shape index (κ3) is 2.24. The summed E-state index contributed by atoms with van der Waals surface area (Å²) < 4.78 is 13.6. The number of aliphatic hydroxyl groups is 1. The quantitative estimate of drug-likeness (QED) is 0.781. The van der Waals surface area contributed by atoms with Gasteiger partial charge in [0.2, 0.25) is 0 Å². The molecule has 1 saturated heterocycles. The highest BCUT2D eigenvalue weighted by atomic mass is 19.1. The number of piperidine rings is 1. The summed E-state index contributed by atoms with van der Waals surface area (Å²) in [6, 6.07) is 4.40. The van der Waals surface area contributed by atoms with Crippen LogP contribution in [0.1, 0.15) is 24.8 Å². The molecule has 1 fully saturated rings. The van der Waals surface area contributed by atoms with Crippen molar-refractivity contribution in [3.8, 4) is 6.07 Å². The van der Waals surface area contributed by atoms with Gasteiger partial charge in [-0.2, -0.15) is 5.26 Å². The number of anilines is 2. The van der Waals surface area contributed by atoms with Crippen molar-refractivity contribution in [1.82, 2.24) is 0 Å². The van der Waals surface area contributed by atoms with Crippen molar-refractivity contribution < 1.29 is 9.50 Å². The fourth-order valence-corrected chi connectivity index (χ4v) is 2.42. The van der Waals surface area contributed by atoms with E-state index in [2.05, 4.69) is 0 Å². The number of nitrogens with zero attached hydrogens (tertiary/aromatic N) is 2. The molecular formula is C13H16FN3O. The molecule has 5 heteroatoms. The largest absolute Gasteiger partial charge is 0.397 e. The average molecular weight is 249 g/mol. The Balaban J connectivity index is 2.38. The maximum atomic E-state index is 13.6. The molecule has 1 unspecified atom stereocenters. The Morgan fingerprint density at radius 3 is 2.94 bits per heavy atom. The minimum Gasteiger partial charge on any atom is -0.397 e. The first-order valence-corrected chi connectivity index (χ1v) is 6.04. The highest BCUT2D eigenvalue weighted by Gasteiger charge is 2.24. The van der Waals surface area contributed by atoms with E-state index in [0.717, 1.165) is 25.8 Å². The zero-order valence-electron chi connectivity index (χ0n) is 10.1. The molecule has 0 aliphatic carbocycles. The Morgan fingerprint density at radius 1 is 1.50 bits per heavy atom. The minimum absolute atomic E-state index is 0.0200. The second-order valence-corrected chi connectivity index (χ2v) is 4.53. The lowest BCUT2D eigenvalue weighted by molar-refractivity contribution is 0.240. The molecule has 1 heterocycles. The van der Waals surface area contributed by atoms with Crippen LogP contribution in [0.5, 0.6) is 0 Å². The first-order valence-electron chi connectivity index (χ1n) is 6.04. The molecule has 3 N–H and O–H groups in total. The minimum atomic E-state index is -0.566. The van der Waals surface area contributed by atoms with Gasteiger partial charge in [-0.25, -0.2) is 4.39 Å². The van der Waals surface area contributed by atoms with Crippen LogP contribution in [0, 0.1) is 17.1 Å². The molecule has 96 valence electrons. The molecule has 0 spiro atoms. The normalized spacial score (nSPS) is 19.6. The monoisotopic (exact) mass is 249 g/mol. The third-order valence-electron chi connectivity index (χ3n) is 3.38. The predicted molar refractivity (Wildman–Crippen MR) is 67.6 cm³/mol. The van der Waals surface area contributed by atoms with Gasteiger partial charge in [0.25, 0.3) is 0 Å². The maximum absolute atomic E-state index is 13.6. The van der Waals surface area contributed by atoms with Gasteiger partial charge in [0.05, 0.1) is 29.6 Å². The molecule has 0 radical (unpaired) electrons. The zero-order valence-corrected chi connectivity index (χ0v) is 10.1. The molecule has 2 rings (SSSR count). The van der Waals surface area contributed by atoms with Gasteiger partial charge in [0.15, 0.2) is 0 Å². The van der Waals surface area contributed by atoms with Crippen LogP contribution in [0.2, 0.25) is 0 Å². The summed E-state index contributed by atoms with van der Waals surface area (Å²) in [6.45, 7) is 0.780. The van der Waals surface area contributed by atoms with Gasteiger partial charge in [-0.15, -0.1) is 0 Å². The van der Waals surface area contributed by atoms with E-state index in [-0.39, 0.29) is 18.2 Å². The average Bonchev–Trinajstić information content (AvgIpc) is 2.41. The van der Waals surface area contributed by atoms with Crippen LogP contribution in [0.4, 0.5) is 15.8 Å². The van der Waals surface area contributed by atoms with Crippen LogP contribution >= 0.6 is 0 Å². The van der Waals surface area contributed by atoms with Crippen LogP contribution in [0.15, 0.2) is 12.1 Å². The van der Waals surface area contributed by atoms with Crippen molar-refractivity contribution in [3.05, 3.63) is 23.5 Å². The topological polar surface area (TPSA) is 73.3 Å². The number of hydrogen-bond donors (Lipinski definition) is 2. The van der Waals surface area contributed by atoms with Gasteiger partial charge in [0, 0.05) is 12.6 Å². The number of aliphatic hydroxyl groups excluding tert-OH is 1. The molecule has 1 aliphatic heterocycles. The van der Waals surface area contributed by atoms with E-state index in [1.54, 1.807) is 6.07 Å². The molecule has 0 saturated carbocycles. The molecule has 0 aromatic heterocycles. The molecule has 18 heavy (non-hydrogen) atoms. The van der Waals surface area contributed by atoms with Crippen molar-refractivity contribution in [2.24, 2.45) is 0 Å². The lowest BCUT2D eigenvalue weighted by atomic mass is 10.0. The number of nitrogen functional groups attached to an aromatic ring is 1. The van der Waals surface area contributed by atoms with Crippen LogP contribution in [-0.4, -0.2) is 24.3 Å². The Morgan fingerprint density at radius 2 is 2.28 bits per heavy atom. The van der Waals surface area contributed by atoms with Crippen molar-refractivity contribution in [2.75, 3.05) is 23.8 Å². The summed E-state index contributed by atoms with van der Waals surface area (Å²) >= 11 is 0. The second kappa shape index (κ2) is 5.23. The van der Waals surface area contributed by atoms with Crippen LogP contribution in [0.25, 0.3) is 0 Å². The van der Waals surface area contributed by atoms with Crippen molar-refractivity contribution in [1.29, 1.82) is 5.26 Å². The second-order valence-electron chi connectivity index (χ2n) is 4.53. The van der Waals surface area contributed by atoms with E-state index in [4.69, 9.17) is 11.0 Å². The summed E-state index contributed by atoms with van der Waals surface area (Å²) in [5, 5.41) is 18.1. The van der Waals surface area contributed by atoms with E-state index < -0.39 is 5.82 Å². The highest BCUT2D eigenvalue weighted by molar-refractivity contribution is 5.70. The molecule has 1 atom stereocenters. The Bertz CT molecular complexity index is 484. The summed E-state index contributed by atoms with van der Waals surface area (Å²) in [7, 11) is 0. The number of nitriles is 1. The molecule has 1 aromatic carbocycles. The van der Waals surface area contributed by atoms with Crippen LogP contribution < -0.4 is 10.6 Å². The standard InChI is InChI=1S/C13H16FN3O/c14-11-6-13(12(16)5-9(11)7-15)17-4-2-1-3-10(17)8-18/h5-6,10,18H,1-4,8,16H2. The number of hydrogen-bond acceptors (Lipinski definition) is 4. The highest BCUT2D eigenvalue weighted by Crippen LogP contribution is 2.31. The first kappa shape index (κ1) is 12.7. The van der Waals surface area contributed by atoms with E-state index in [0.29, 0.717) is 11.4 Å². The van der Waals surface area contributed by atoms with Gasteiger partial charge in [-0.1, -0.05) is 0 Å². The first-order chi connectivity index (χ1) is 8.67. The number of halogens is 1. The molecular weight excluding hydrogens is 233 g/mol. The Hall–Kier alpha value is -1.80. The zero-order chi connectivity index (χ0) is 13.1. The van der Waals surface area contributed by atoms with E-state index >= 15 is 0 Å². The lowest BCUT2D eigenvalue weighted by Gasteiger charge is -2.37. The Kier molecular flexibility index (Phi) is 3.68. The van der Waals surface area contributed by atoms with Gasteiger partial charge in [-0.05, 0) is 25.3 Å². The fraction of sp³-hybridized carbons (Fsp3) is 0.462. The van der Waals surface area contributed by atoms with E-state index in [1.807, 2.05) is 4.90 Å². The fourth-order valence-electron chi connectivity index (χ4n) is 2.42. The molecule has 4 nitrogen and oxygen atoms in total. The number of rotatable bonds is 2. The third-order valence-corrected chi connectivity index (χ3v) is 3.38. The predicted octanol–water partition coefficient (Wildman–Crippen LogP) is 1.63. The van der Waals surface area contributed by atoms with Gasteiger partial charge >= 0.3 is 0 Å². The van der Waals surface area contributed by atoms with E-state index in [9.17, 15) is 9.50 Å². The van der Waals surface area contributed by atoms with Gasteiger partial charge < -0.3 is 15.7 Å². The van der Waals surface area contributed by atoms with Crippen molar-refractivity contribution in [2.45, 2.75) is 25.3 Å². The summed E-state index contributed by atoms with van der Waals surface area (Å²) in [5.74, 6) is -0.566. The molecule has 1 aliphatic rings. The van der Waals surface area contributed by atoms with Gasteiger partial charge in [-0.3, -0.25) is 0 Å². The SMILES string of the molecule is N#Cc1cc(N)c(N2CCCCC2CO)cc1F. The van der Waals surface area contributed by atoms with Crippen LogP contribution in [-0.2, 0) is 0 Å². The maximum Gasteiger partial charge on any atom is 0.143 e. The number of nitrogens with two attached hydrogens (primary N) is 1. The summed E-state index contributed by atoms with van der Waals surface area (Å²) in [5.41, 5.74) is 6.78. The van der Waals surface area contributed by atoms with E-state index in [1.165, 1.54) is 12.1 Å². The Labute approximate surface area is 105 Å². The number of benzene rings is 1. The van der Waals surface area contributed by atoms with Crippen LogP contribution in [0.3, 0.4) is 0 Å². The van der Waals surface area contributed by atoms with Crippen molar-refractivity contribution in [3.63, 3.8) is 0 Å². The summed E-state index contributed by atoms with van der Waals surface area (Å²) in [4.78, 5) is 1.93. The van der Waals surface area contributed by atoms with Gasteiger partial charge in [0.1, 0.15) is 11.9 Å². The molecule has 1 aromatic rings. The lowest BCUT2D eigenvalue weighted by Crippen LogP contribution is -2.42.